The van der Waals surface area contributed by atoms with Crippen molar-refractivity contribution in [1.82, 2.24) is 19.1 Å². The van der Waals surface area contributed by atoms with Crippen molar-refractivity contribution in [1.29, 1.82) is 0 Å². The van der Waals surface area contributed by atoms with Crippen LogP contribution in [0.5, 0.6) is 11.5 Å². The first-order valence-corrected chi connectivity index (χ1v) is 13.1. The third-order valence-electron chi connectivity index (χ3n) is 5.95. The van der Waals surface area contributed by atoms with Gasteiger partial charge in [-0.1, -0.05) is 23.9 Å². The maximum absolute atomic E-state index is 13.1. The highest BCUT2D eigenvalue weighted by Crippen LogP contribution is 2.33. The molecule has 0 fully saturated rings. The highest BCUT2D eigenvalue weighted by atomic mass is 32.2. The average Bonchev–Trinajstić information content (AvgIpc) is 2.97. The van der Waals surface area contributed by atoms with Gasteiger partial charge < -0.3 is 19.5 Å². The van der Waals surface area contributed by atoms with Gasteiger partial charge in [0.25, 0.3) is 5.56 Å². The van der Waals surface area contributed by atoms with Gasteiger partial charge in [0.2, 0.25) is 5.91 Å². The molecule has 208 valence electrons. The topological polar surface area (TPSA) is 144 Å². The van der Waals surface area contributed by atoms with Crippen LogP contribution in [0.25, 0.3) is 22.4 Å². The predicted octanol–water partition coefficient (Wildman–Crippen LogP) is 2.62. The zero-order valence-electron chi connectivity index (χ0n) is 22.5. The number of hydrogen-bond acceptors (Lipinski definition) is 10. The Balaban J connectivity index is 1.74. The minimum absolute atomic E-state index is 0.0959. The first-order valence-electron chi connectivity index (χ1n) is 12.1. The van der Waals surface area contributed by atoms with E-state index in [0.29, 0.717) is 22.7 Å². The van der Waals surface area contributed by atoms with Crippen LogP contribution < -0.4 is 26.0 Å². The van der Waals surface area contributed by atoms with Crippen LogP contribution in [0.2, 0.25) is 0 Å². The van der Waals surface area contributed by atoms with Crippen molar-refractivity contribution in [2.75, 3.05) is 31.9 Å². The van der Waals surface area contributed by atoms with Crippen molar-refractivity contribution in [3.63, 3.8) is 0 Å². The zero-order valence-corrected chi connectivity index (χ0v) is 23.3. The first kappa shape index (κ1) is 28.4. The molecular weight excluding hydrogens is 538 g/mol. The number of carbonyl (C=O) groups is 2. The number of aryl methyl sites for hydroxylation is 1. The maximum atomic E-state index is 13.1. The van der Waals surface area contributed by atoms with Crippen LogP contribution in [0.3, 0.4) is 0 Å². The lowest BCUT2D eigenvalue weighted by molar-refractivity contribution is -0.113. The van der Waals surface area contributed by atoms with E-state index < -0.39 is 23.1 Å². The summed E-state index contributed by atoms with van der Waals surface area (Å²) in [6.45, 7) is 1.88. The molecule has 12 nitrogen and oxygen atoms in total. The van der Waals surface area contributed by atoms with Gasteiger partial charge in [0.1, 0.15) is 10.4 Å². The van der Waals surface area contributed by atoms with Gasteiger partial charge in [-0.15, -0.1) is 0 Å². The molecule has 0 bridgehead atoms. The van der Waals surface area contributed by atoms with Gasteiger partial charge >= 0.3 is 11.7 Å². The largest absolute Gasteiger partial charge is 0.493 e. The standard InChI is InChI=1S/C27H27N5O7S/c1-6-39-26(35)16-9-7-8-10-17(16)28-20(33)14-40-24-21-23(31(2)27(36)32(3)25(21)34)29-22(30-24)15-11-12-18(37-4)19(13-15)38-5/h7-13H,6,14H2,1-5H3,(H,28,33). The number of nitrogens with zero attached hydrogens (tertiary/aromatic N) is 4. The average molecular weight is 566 g/mol. The van der Waals surface area contributed by atoms with Crippen LogP contribution in [-0.2, 0) is 23.6 Å². The number of para-hydroxylation sites is 1. The molecule has 40 heavy (non-hydrogen) atoms. The number of nitrogens with one attached hydrogen (secondary N) is 1. The Morgan fingerprint density at radius 1 is 0.975 bits per heavy atom. The number of aromatic nitrogens is 4. The number of hydrogen-bond donors (Lipinski definition) is 1. The molecule has 0 spiro atoms. The van der Waals surface area contributed by atoms with Crippen molar-refractivity contribution in [2.24, 2.45) is 14.1 Å². The molecule has 4 rings (SSSR count). The number of thioether (sulfide) groups is 1. The fourth-order valence-corrected chi connectivity index (χ4v) is 4.75. The maximum Gasteiger partial charge on any atom is 0.340 e. The molecule has 2 aromatic heterocycles. The fourth-order valence-electron chi connectivity index (χ4n) is 3.94. The van der Waals surface area contributed by atoms with Crippen LogP contribution in [-0.4, -0.2) is 57.6 Å². The normalized spacial score (nSPS) is 10.8. The van der Waals surface area contributed by atoms with Gasteiger partial charge in [0, 0.05) is 19.7 Å². The molecule has 0 saturated heterocycles. The molecule has 13 heteroatoms. The Kier molecular flexibility index (Phi) is 8.53. The SMILES string of the molecule is CCOC(=O)c1ccccc1NC(=O)CSc1nc(-c2ccc(OC)c(OC)c2)nc2c1c(=O)n(C)c(=O)n2C. The molecule has 2 aromatic carbocycles. The van der Waals surface area contributed by atoms with Crippen molar-refractivity contribution in [3.05, 3.63) is 68.9 Å². The van der Waals surface area contributed by atoms with E-state index in [1.807, 2.05) is 0 Å². The first-order chi connectivity index (χ1) is 19.2. The second-order valence-electron chi connectivity index (χ2n) is 8.43. The Bertz CT molecular complexity index is 1730. The molecule has 1 N–H and O–H groups in total. The number of methoxy groups -OCH3 is 2. The molecule has 0 radical (unpaired) electrons. The molecule has 4 aromatic rings. The van der Waals surface area contributed by atoms with Crippen molar-refractivity contribution in [2.45, 2.75) is 11.9 Å². The van der Waals surface area contributed by atoms with Crippen molar-refractivity contribution < 1.29 is 23.8 Å². The lowest BCUT2D eigenvalue weighted by Crippen LogP contribution is -2.37. The van der Waals surface area contributed by atoms with Crippen molar-refractivity contribution >= 4 is 40.4 Å². The number of carbonyl (C=O) groups excluding carboxylic acids is 2. The second-order valence-corrected chi connectivity index (χ2v) is 9.39. The van der Waals surface area contributed by atoms with E-state index in [9.17, 15) is 19.2 Å². The quantitative estimate of drug-likeness (QED) is 0.183. The number of fused-ring (bicyclic) bond motifs is 1. The highest BCUT2D eigenvalue weighted by Gasteiger charge is 2.21. The number of amides is 1. The highest BCUT2D eigenvalue weighted by molar-refractivity contribution is 8.00. The van der Waals surface area contributed by atoms with Gasteiger partial charge in [-0.3, -0.25) is 18.7 Å². The van der Waals surface area contributed by atoms with E-state index in [1.54, 1.807) is 49.4 Å². The number of esters is 1. The number of ether oxygens (including phenoxy) is 3. The van der Waals surface area contributed by atoms with E-state index in [0.717, 1.165) is 16.3 Å². The molecule has 0 atom stereocenters. The van der Waals surface area contributed by atoms with E-state index in [4.69, 9.17) is 14.2 Å². The Labute approximate surface area is 232 Å². The molecule has 0 aliphatic rings. The molecule has 0 unspecified atom stereocenters. The van der Waals surface area contributed by atoms with Crippen LogP contribution in [0, 0.1) is 0 Å². The van der Waals surface area contributed by atoms with E-state index in [-0.39, 0.29) is 39.8 Å². The van der Waals surface area contributed by atoms with Gasteiger partial charge in [-0.25, -0.2) is 19.6 Å². The Morgan fingerprint density at radius 3 is 2.40 bits per heavy atom. The third-order valence-corrected chi connectivity index (χ3v) is 6.92. The fraction of sp³-hybridized carbons (Fsp3) is 0.259. The summed E-state index contributed by atoms with van der Waals surface area (Å²) in [4.78, 5) is 60.1. The molecule has 0 saturated carbocycles. The summed E-state index contributed by atoms with van der Waals surface area (Å²) in [5.41, 5.74) is 0.0234. The predicted molar refractivity (Wildman–Crippen MR) is 150 cm³/mol. The van der Waals surface area contributed by atoms with Gasteiger partial charge in [-0.2, -0.15) is 0 Å². The minimum Gasteiger partial charge on any atom is -0.493 e. The van der Waals surface area contributed by atoms with Crippen LogP contribution in [0.1, 0.15) is 17.3 Å². The summed E-state index contributed by atoms with van der Waals surface area (Å²) in [7, 11) is 5.87. The van der Waals surface area contributed by atoms with E-state index in [2.05, 4.69) is 15.3 Å². The summed E-state index contributed by atoms with van der Waals surface area (Å²) in [6.07, 6.45) is 0. The summed E-state index contributed by atoms with van der Waals surface area (Å²) in [6, 6.07) is 11.6. The van der Waals surface area contributed by atoms with Crippen LogP contribution in [0.15, 0.2) is 57.1 Å². The smallest absolute Gasteiger partial charge is 0.340 e. The lowest BCUT2D eigenvalue weighted by atomic mass is 10.2. The van der Waals surface area contributed by atoms with E-state index in [1.165, 1.54) is 32.9 Å². The summed E-state index contributed by atoms with van der Waals surface area (Å²) >= 11 is 1.00. The Hall–Kier alpha value is -4.65. The molecule has 1 amide bonds. The van der Waals surface area contributed by atoms with E-state index >= 15 is 0 Å². The number of benzene rings is 2. The lowest BCUT2D eigenvalue weighted by Gasteiger charge is -2.13. The van der Waals surface area contributed by atoms with Gasteiger partial charge in [-0.05, 0) is 37.3 Å². The van der Waals surface area contributed by atoms with Crippen molar-refractivity contribution in [3.8, 4) is 22.9 Å². The molecule has 0 aliphatic carbocycles. The molecular formula is C27H27N5O7S. The molecule has 2 heterocycles. The van der Waals surface area contributed by atoms with Gasteiger partial charge in [0.15, 0.2) is 23.0 Å². The van der Waals surface area contributed by atoms with Crippen LogP contribution >= 0.6 is 11.8 Å². The summed E-state index contributed by atoms with van der Waals surface area (Å²) in [5, 5.41) is 3.02. The van der Waals surface area contributed by atoms with Gasteiger partial charge in [0.05, 0.1) is 37.8 Å². The third kappa shape index (κ3) is 5.54. The summed E-state index contributed by atoms with van der Waals surface area (Å²) in [5.74, 6) is 0.00527. The van der Waals surface area contributed by atoms with Crippen LogP contribution in [0.4, 0.5) is 5.69 Å². The number of rotatable bonds is 9. The summed E-state index contributed by atoms with van der Waals surface area (Å²) < 4.78 is 18.0. The Morgan fingerprint density at radius 2 is 1.70 bits per heavy atom. The zero-order chi connectivity index (χ0) is 29.0. The minimum atomic E-state index is -0.590. The number of anilines is 1. The molecule has 0 aliphatic heterocycles. The monoisotopic (exact) mass is 565 g/mol. The second kappa shape index (κ2) is 12.0.